The van der Waals surface area contributed by atoms with Crippen LogP contribution in [0.4, 0.5) is 0 Å². The van der Waals surface area contributed by atoms with Gasteiger partial charge < -0.3 is 0 Å². The predicted octanol–water partition coefficient (Wildman–Crippen LogP) is 3.59. The van der Waals surface area contributed by atoms with Crippen LogP contribution in [0.25, 0.3) is 21.5 Å². The Hall–Kier alpha value is -1.82. The summed E-state index contributed by atoms with van der Waals surface area (Å²) in [5, 5.41) is 4.89. The Bertz CT molecular complexity index is 489. The molecule has 14 heavy (non-hydrogen) atoms. The first-order valence-corrected chi connectivity index (χ1v) is 4.64. The highest BCUT2D eigenvalue weighted by molar-refractivity contribution is 5.97. The molecule has 0 heterocycles. The summed E-state index contributed by atoms with van der Waals surface area (Å²) in [6.45, 7) is 0. The maximum atomic E-state index is 3.23. The molecule has 0 unspecified atom stereocenters. The number of hydrogen-bond acceptors (Lipinski definition) is 0. The lowest BCUT2D eigenvalue weighted by Crippen LogP contribution is -1.75. The van der Waals surface area contributed by atoms with Crippen molar-refractivity contribution in [3.63, 3.8) is 0 Å². The minimum absolute atomic E-state index is 1.17. The second-order valence-electron chi connectivity index (χ2n) is 3.38. The third kappa shape index (κ3) is 1.08. The van der Waals surface area contributed by atoms with Gasteiger partial charge in [-0.3, -0.25) is 0 Å². The van der Waals surface area contributed by atoms with Crippen molar-refractivity contribution in [2.24, 2.45) is 0 Å². The van der Waals surface area contributed by atoms with E-state index in [1.807, 2.05) is 24.3 Å². The fourth-order valence-electron chi connectivity index (χ4n) is 1.75. The normalized spacial score (nSPS) is 10.9. The topological polar surface area (TPSA) is 0 Å². The molecule has 0 heteroatoms. The molecule has 2 radical (unpaired) electrons. The van der Waals surface area contributed by atoms with Gasteiger partial charge in [0.25, 0.3) is 0 Å². The largest absolute Gasteiger partial charge is 0.0610 e. The zero-order valence-corrected chi connectivity index (χ0v) is 7.62. The van der Waals surface area contributed by atoms with Crippen molar-refractivity contribution in [2.45, 2.75) is 0 Å². The van der Waals surface area contributed by atoms with Gasteiger partial charge in [-0.1, -0.05) is 30.3 Å². The van der Waals surface area contributed by atoms with Crippen LogP contribution >= 0.6 is 0 Å². The second-order valence-corrected chi connectivity index (χ2v) is 3.38. The zero-order chi connectivity index (χ0) is 9.38. The monoisotopic (exact) mass is 176 g/mol. The minimum atomic E-state index is 1.17. The molecule has 0 saturated carbocycles. The van der Waals surface area contributed by atoms with Gasteiger partial charge in [0.05, 0.1) is 0 Å². The highest BCUT2D eigenvalue weighted by atomic mass is 14.0. The molecule has 0 spiro atoms. The average molecular weight is 176 g/mol. The van der Waals surface area contributed by atoms with Crippen LogP contribution in [0.1, 0.15) is 0 Å². The molecule has 64 valence electrons. The summed E-state index contributed by atoms with van der Waals surface area (Å²) in [6, 6.07) is 22.8. The Morgan fingerprint density at radius 2 is 1.86 bits per heavy atom. The third-order valence-electron chi connectivity index (χ3n) is 2.46. The Morgan fingerprint density at radius 3 is 2.86 bits per heavy atom. The number of fused-ring (bicyclic) bond motifs is 2. The van der Waals surface area contributed by atoms with E-state index in [2.05, 4.69) is 36.4 Å². The van der Waals surface area contributed by atoms with E-state index in [9.17, 15) is 0 Å². The molecular formula is C14H8. The van der Waals surface area contributed by atoms with Crippen molar-refractivity contribution in [3.8, 4) is 0 Å². The number of rotatable bonds is 0. The van der Waals surface area contributed by atoms with Crippen LogP contribution in [0.3, 0.4) is 0 Å². The maximum absolute atomic E-state index is 3.23. The lowest BCUT2D eigenvalue weighted by Gasteiger charge is -2.00. The molecule has 0 nitrogen and oxygen atoms in total. The lowest BCUT2D eigenvalue weighted by molar-refractivity contribution is 1.75. The fraction of sp³-hybridized carbons (Fsp3) is 0. The van der Waals surface area contributed by atoms with Crippen LogP contribution in [0.15, 0.2) is 48.5 Å². The van der Waals surface area contributed by atoms with E-state index in [1.54, 1.807) is 0 Å². The van der Waals surface area contributed by atoms with Crippen LogP contribution in [0, 0.1) is 12.1 Å². The van der Waals surface area contributed by atoms with Gasteiger partial charge >= 0.3 is 0 Å². The molecule has 0 bridgehead atoms. The van der Waals surface area contributed by atoms with Crippen LogP contribution < -0.4 is 0 Å². The first kappa shape index (κ1) is 7.57. The van der Waals surface area contributed by atoms with Gasteiger partial charge in [0.1, 0.15) is 0 Å². The highest BCUT2D eigenvalue weighted by Crippen LogP contribution is 2.21. The van der Waals surface area contributed by atoms with E-state index in [0.29, 0.717) is 0 Å². The van der Waals surface area contributed by atoms with Gasteiger partial charge in [0, 0.05) is 0 Å². The van der Waals surface area contributed by atoms with Crippen LogP contribution in [0.5, 0.6) is 0 Å². The van der Waals surface area contributed by atoms with E-state index < -0.39 is 0 Å². The van der Waals surface area contributed by atoms with Gasteiger partial charge in [0.15, 0.2) is 0 Å². The molecule has 0 amide bonds. The Kier molecular flexibility index (Phi) is 1.54. The number of benzene rings is 3. The van der Waals surface area contributed by atoms with Crippen molar-refractivity contribution < 1.29 is 0 Å². The molecule has 3 aromatic carbocycles. The number of hydrogen-bond donors (Lipinski definition) is 0. The molecule has 3 rings (SSSR count). The molecule has 0 fully saturated rings. The van der Waals surface area contributed by atoms with Crippen LogP contribution in [-0.4, -0.2) is 0 Å². The van der Waals surface area contributed by atoms with E-state index in [4.69, 9.17) is 0 Å². The first-order valence-electron chi connectivity index (χ1n) is 4.64. The smallest absolute Gasteiger partial charge is 0.00988 e. The quantitative estimate of drug-likeness (QED) is 0.459. The van der Waals surface area contributed by atoms with E-state index in [-0.39, 0.29) is 0 Å². The summed E-state index contributed by atoms with van der Waals surface area (Å²) in [7, 11) is 0. The molecule has 0 aliphatic heterocycles. The summed E-state index contributed by atoms with van der Waals surface area (Å²) in [6.07, 6.45) is 0. The fourth-order valence-corrected chi connectivity index (χ4v) is 1.75. The molecule has 0 N–H and O–H groups in total. The second kappa shape index (κ2) is 2.85. The average Bonchev–Trinajstić information content (AvgIpc) is 2.26. The first-order chi connectivity index (χ1) is 6.93. The van der Waals surface area contributed by atoms with Gasteiger partial charge in [0.2, 0.25) is 0 Å². The SMILES string of the molecule is [c]1ccc2cc3ccc[c]c3cc2c1. The lowest BCUT2D eigenvalue weighted by atomic mass is 10.0. The predicted molar refractivity (Wildman–Crippen MR) is 59.1 cm³/mol. The van der Waals surface area contributed by atoms with Gasteiger partial charge in [-0.2, -0.15) is 0 Å². The van der Waals surface area contributed by atoms with E-state index in [1.165, 1.54) is 21.5 Å². The van der Waals surface area contributed by atoms with Gasteiger partial charge in [-0.25, -0.2) is 0 Å². The molecule has 3 aromatic rings. The molecular weight excluding hydrogens is 168 g/mol. The van der Waals surface area contributed by atoms with Gasteiger partial charge in [-0.05, 0) is 51.9 Å². The zero-order valence-electron chi connectivity index (χ0n) is 7.62. The Morgan fingerprint density at radius 1 is 0.857 bits per heavy atom. The minimum Gasteiger partial charge on any atom is -0.0610 e. The molecule has 0 aliphatic carbocycles. The van der Waals surface area contributed by atoms with Crippen molar-refractivity contribution in [1.29, 1.82) is 0 Å². The molecule has 0 aliphatic rings. The highest BCUT2D eigenvalue weighted by Gasteiger charge is 1.95. The molecule has 0 aromatic heterocycles. The van der Waals surface area contributed by atoms with Gasteiger partial charge in [-0.15, -0.1) is 0 Å². The molecule has 0 atom stereocenters. The standard InChI is InChI=1S/C14H8/c1-2-6-12-10-14-8-4-3-7-13(14)9-11(12)5-1/h1-3,5,7-10H. The van der Waals surface area contributed by atoms with Crippen LogP contribution in [-0.2, 0) is 0 Å². The summed E-state index contributed by atoms with van der Waals surface area (Å²) < 4.78 is 0. The van der Waals surface area contributed by atoms with Crippen molar-refractivity contribution in [3.05, 3.63) is 60.7 Å². The Balaban J connectivity index is 2.52. The maximum Gasteiger partial charge on any atom is -0.00988 e. The van der Waals surface area contributed by atoms with E-state index >= 15 is 0 Å². The Labute approximate surface area is 82.8 Å². The van der Waals surface area contributed by atoms with Crippen molar-refractivity contribution in [1.82, 2.24) is 0 Å². The van der Waals surface area contributed by atoms with Crippen LogP contribution in [0.2, 0.25) is 0 Å². The van der Waals surface area contributed by atoms with Crippen molar-refractivity contribution in [2.75, 3.05) is 0 Å². The summed E-state index contributed by atoms with van der Waals surface area (Å²) in [5.74, 6) is 0. The summed E-state index contributed by atoms with van der Waals surface area (Å²) in [5.41, 5.74) is 0. The summed E-state index contributed by atoms with van der Waals surface area (Å²) in [4.78, 5) is 0. The van der Waals surface area contributed by atoms with E-state index in [0.717, 1.165) is 0 Å². The molecule has 0 saturated heterocycles. The van der Waals surface area contributed by atoms with Crippen molar-refractivity contribution >= 4 is 21.5 Å². The third-order valence-corrected chi connectivity index (χ3v) is 2.46. The summed E-state index contributed by atoms with van der Waals surface area (Å²) >= 11 is 0.